The quantitative estimate of drug-likeness (QED) is 0.744. The fraction of sp³-hybridized carbons (Fsp3) is 0.632. The van der Waals surface area contributed by atoms with E-state index in [0.29, 0.717) is 24.3 Å². The number of furan rings is 1. The first kappa shape index (κ1) is 19.0. The third-order valence-electron chi connectivity index (χ3n) is 4.95. The molecule has 0 bridgehead atoms. The lowest BCUT2D eigenvalue weighted by atomic mass is 9.86. The van der Waals surface area contributed by atoms with Gasteiger partial charge in [-0.2, -0.15) is 0 Å². The van der Waals surface area contributed by atoms with Crippen LogP contribution in [0.1, 0.15) is 64.0 Å². The molecule has 0 spiro atoms. The molecule has 7 heteroatoms. The van der Waals surface area contributed by atoms with E-state index >= 15 is 0 Å². The average Bonchev–Trinajstić information content (AvgIpc) is 3.25. The van der Waals surface area contributed by atoms with Crippen LogP contribution in [-0.2, 0) is 11.3 Å². The van der Waals surface area contributed by atoms with Gasteiger partial charge in [0, 0.05) is 12.0 Å². The Morgan fingerprint density at radius 3 is 2.88 bits per heavy atom. The van der Waals surface area contributed by atoms with Crippen LogP contribution in [0.15, 0.2) is 28.0 Å². The van der Waals surface area contributed by atoms with Crippen LogP contribution in [0.25, 0.3) is 0 Å². The van der Waals surface area contributed by atoms with Crippen molar-refractivity contribution in [2.45, 2.75) is 70.1 Å². The van der Waals surface area contributed by atoms with E-state index in [9.17, 15) is 4.79 Å². The van der Waals surface area contributed by atoms with Gasteiger partial charge < -0.3 is 9.73 Å². The first-order valence-electron chi connectivity index (χ1n) is 9.42. The van der Waals surface area contributed by atoms with Gasteiger partial charge in [0.05, 0.1) is 18.6 Å². The minimum absolute atomic E-state index is 0.0763. The Balaban J connectivity index is 1.62. The van der Waals surface area contributed by atoms with Gasteiger partial charge in [0.2, 0.25) is 5.91 Å². The second-order valence-electron chi connectivity index (χ2n) is 7.39. The average molecular weight is 377 g/mol. The van der Waals surface area contributed by atoms with Crippen molar-refractivity contribution in [1.29, 1.82) is 0 Å². The third-order valence-corrected chi connectivity index (χ3v) is 5.91. The molecule has 1 saturated carbocycles. The normalized spacial score (nSPS) is 20.5. The lowest BCUT2D eigenvalue weighted by molar-refractivity contribution is -0.119. The molecule has 2 atom stereocenters. The molecule has 2 unspecified atom stereocenters. The number of amides is 1. The smallest absolute Gasteiger partial charge is 0.230 e. The molecule has 1 amide bonds. The van der Waals surface area contributed by atoms with Crippen molar-refractivity contribution in [2.75, 3.05) is 5.75 Å². The standard InChI is InChI=1S/C19H28N4O2S/c1-13(2)18-21-22-19(23(18)11-15-8-6-10-25-15)26-12-17(24)20-16-9-5-4-7-14(16)3/h6,8,10,13-14,16H,4-5,7,9,11-12H2,1-3H3,(H,20,24). The molecule has 2 aromatic rings. The summed E-state index contributed by atoms with van der Waals surface area (Å²) >= 11 is 1.44. The maximum Gasteiger partial charge on any atom is 0.230 e. The molecule has 3 rings (SSSR count). The van der Waals surface area contributed by atoms with Gasteiger partial charge in [-0.05, 0) is 30.9 Å². The Bertz CT molecular complexity index is 711. The number of hydrogen-bond acceptors (Lipinski definition) is 5. The summed E-state index contributed by atoms with van der Waals surface area (Å²) in [5.41, 5.74) is 0. The van der Waals surface area contributed by atoms with Crippen molar-refractivity contribution in [3.63, 3.8) is 0 Å². The number of nitrogens with one attached hydrogen (secondary N) is 1. The fourth-order valence-corrected chi connectivity index (χ4v) is 4.21. The molecule has 1 fully saturated rings. The van der Waals surface area contributed by atoms with Gasteiger partial charge in [0.25, 0.3) is 0 Å². The van der Waals surface area contributed by atoms with Gasteiger partial charge in [-0.25, -0.2) is 0 Å². The highest BCUT2D eigenvalue weighted by atomic mass is 32.2. The summed E-state index contributed by atoms with van der Waals surface area (Å²) in [7, 11) is 0. The highest BCUT2D eigenvalue weighted by molar-refractivity contribution is 7.99. The number of hydrogen-bond donors (Lipinski definition) is 1. The maximum absolute atomic E-state index is 12.4. The van der Waals surface area contributed by atoms with Crippen molar-refractivity contribution < 1.29 is 9.21 Å². The molecule has 26 heavy (non-hydrogen) atoms. The molecule has 1 aliphatic rings. The summed E-state index contributed by atoms with van der Waals surface area (Å²) in [4.78, 5) is 12.4. The minimum Gasteiger partial charge on any atom is -0.467 e. The van der Waals surface area contributed by atoms with Crippen LogP contribution in [0.2, 0.25) is 0 Å². The van der Waals surface area contributed by atoms with Crippen LogP contribution in [-0.4, -0.2) is 32.5 Å². The van der Waals surface area contributed by atoms with Crippen molar-refractivity contribution in [1.82, 2.24) is 20.1 Å². The zero-order chi connectivity index (χ0) is 18.5. The van der Waals surface area contributed by atoms with Crippen LogP contribution >= 0.6 is 11.8 Å². The Morgan fingerprint density at radius 2 is 2.19 bits per heavy atom. The number of rotatable bonds is 7. The summed E-state index contributed by atoms with van der Waals surface area (Å²) in [6, 6.07) is 4.12. The SMILES string of the molecule is CC(C)c1nnc(SCC(=O)NC2CCCCC2C)n1Cc1ccco1. The second-order valence-corrected chi connectivity index (χ2v) is 8.33. The van der Waals surface area contributed by atoms with E-state index in [0.717, 1.165) is 23.2 Å². The number of nitrogens with zero attached hydrogens (tertiary/aromatic N) is 3. The van der Waals surface area contributed by atoms with E-state index in [2.05, 4.69) is 36.3 Å². The molecule has 0 saturated heterocycles. The second kappa shape index (κ2) is 8.75. The Labute approximate surface area is 159 Å². The van der Waals surface area contributed by atoms with Gasteiger partial charge in [-0.3, -0.25) is 9.36 Å². The van der Waals surface area contributed by atoms with E-state index in [1.165, 1.54) is 31.0 Å². The zero-order valence-electron chi connectivity index (χ0n) is 15.8. The van der Waals surface area contributed by atoms with Crippen LogP contribution in [0.3, 0.4) is 0 Å². The maximum atomic E-state index is 12.4. The van der Waals surface area contributed by atoms with Gasteiger partial charge in [-0.15, -0.1) is 10.2 Å². The van der Waals surface area contributed by atoms with Gasteiger partial charge in [0.1, 0.15) is 11.6 Å². The first-order chi connectivity index (χ1) is 12.5. The third kappa shape index (κ3) is 4.69. The molecule has 1 N–H and O–H groups in total. The van der Waals surface area contributed by atoms with Crippen LogP contribution < -0.4 is 5.32 Å². The van der Waals surface area contributed by atoms with E-state index in [-0.39, 0.29) is 11.8 Å². The summed E-state index contributed by atoms with van der Waals surface area (Å²) in [5.74, 6) is 3.01. The zero-order valence-corrected chi connectivity index (χ0v) is 16.6. The van der Waals surface area contributed by atoms with Gasteiger partial charge in [-0.1, -0.05) is 45.4 Å². The lowest BCUT2D eigenvalue weighted by Gasteiger charge is -2.29. The minimum atomic E-state index is 0.0763. The molecule has 6 nitrogen and oxygen atoms in total. The lowest BCUT2D eigenvalue weighted by Crippen LogP contribution is -2.41. The van der Waals surface area contributed by atoms with E-state index in [4.69, 9.17) is 4.42 Å². The molecular weight excluding hydrogens is 348 g/mol. The first-order valence-corrected chi connectivity index (χ1v) is 10.4. The molecule has 2 aromatic heterocycles. The van der Waals surface area contributed by atoms with Gasteiger partial charge in [0.15, 0.2) is 5.16 Å². The predicted molar refractivity (Wildman–Crippen MR) is 102 cm³/mol. The topological polar surface area (TPSA) is 73.0 Å². The Kier molecular flexibility index (Phi) is 6.40. The van der Waals surface area contributed by atoms with Crippen molar-refractivity contribution in [2.24, 2.45) is 5.92 Å². The molecular formula is C19H28N4O2S. The molecule has 0 aliphatic heterocycles. The number of carbonyl (C=O) groups excluding carboxylic acids is 1. The summed E-state index contributed by atoms with van der Waals surface area (Å²) < 4.78 is 7.52. The van der Waals surface area contributed by atoms with Gasteiger partial charge >= 0.3 is 0 Å². The summed E-state index contributed by atoms with van der Waals surface area (Å²) in [5, 5.41) is 12.6. The monoisotopic (exact) mass is 376 g/mol. The van der Waals surface area contributed by atoms with E-state index in [1.807, 2.05) is 16.7 Å². The number of thioether (sulfide) groups is 1. The largest absolute Gasteiger partial charge is 0.467 e. The van der Waals surface area contributed by atoms with Crippen molar-refractivity contribution >= 4 is 17.7 Å². The Hall–Kier alpha value is -1.76. The van der Waals surface area contributed by atoms with E-state index < -0.39 is 0 Å². The highest BCUT2D eigenvalue weighted by Crippen LogP contribution is 2.25. The van der Waals surface area contributed by atoms with Crippen LogP contribution in [0.5, 0.6) is 0 Å². The van der Waals surface area contributed by atoms with Crippen LogP contribution in [0.4, 0.5) is 0 Å². The van der Waals surface area contributed by atoms with Crippen molar-refractivity contribution in [3.05, 3.63) is 30.0 Å². The predicted octanol–water partition coefficient (Wildman–Crippen LogP) is 3.83. The molecule has 0 aromatic carbocycles. The summed E-state index contributed by atoms with van der Waals surface area (Å²) in [6.07, 6.45) is 6.44. The number of aromatic nitrogens is 3. The Morgan fingerprint density at radius 1 is 1.38 bits per heavy atom. The number of carbonyl (C=O) groups is 1. The van der Waals surface area contributed by atoms with Crippen LogP contribution in [0, 0.1) is 5.92 Å². The summed E-state index contributed by atoms with van der Waals surface area (Å²) in [6.45, 7) is 6.99. The highest BCUT2D eigenvalue weighted by Gasteiger charge is 2.23. The molecule has 1 aliphatic carbocycles. The fourth-order valence-electron chi connectivity index (χ4n) is 3.45. The molecule has 2 heterocycles. The van der Waals surface area contributed by atoms with E-state index in [1.54, 1.807) is 6.26 Å². The molecule has 0 radical (unpaired) electrons. The van der Waals surface area contributed by atoms with Crippen molar-refractivity contribution in [3.8, 4) is 0 Å². The molecule has 142 valence electrons.